The fraction of sp³-hybridized carbons (Fsp3) is 0.543. The Morgan fingerprint density at radius 1 is 0.452 bits per heavy atom. The predicted molar refractivity (Wildman–Crippen MR) is 468 cm³/mol. The van der Waals surface area contributed by atoms with Gasteiger partial charge in [0.25, 0.3) is 22.2 Å². The number of hydrogen-bond donors (Lipinski definition) is 9. The minimum Gasteiger partial charge on any atom is -0.382 e. The molecule has 0 amide bonds. The van der Waals surface area contributed by atoms with Crippen molar-refractivity contribution in [2.24, 2.45) is 84.6 Å². The molecular formula is C81H101Cl2F11N24O4S4. The number of nitrogen functional groups attached to an aromatic ring is 5. The van der Waals surface area contributed by atoms with Crippen LogP contribution in [0.15, 0.2) is 126 Å². The topological polar surface area (TPSA) is 425 Å². The van der Waals surface area contributed by atoms with E-state index in [1.165, 1.54) is 69.4 Å². The summed E-state index contributed by atoms with van der Waals surface area (Å²) in [6, 6.07) is 8.57. The maximum Gasteiger partial charge on any atom is 0.434 e. The number of piperidine rings is 4. The largest absolute Gasteiger partial charge is 0.434 e. The molecule has 0 bridgehead atoms. The number of anilines is 9. The normalized spacial score (nSPS) is 22.7. The van der Waals surface area contributed by atoms with Gasteiger partial charge in [-0.25, -0.2) is 26.9 Å². The number of nitrogens with two attached hydrogens (primary N) is 9. The first-order chi connectivity index (χ1) is 59.1. The van der Waals surface area contributed by atoms with Gasteiger partial charge in [-0.05, 0) is 160 Å². The number of nitrogens with zero attached hydrogens (tertiary/aromatic N) is 15. The summed E-state index contributed by atoms with van der Waals surface area (Å²) in [5.74, 6) is -4.70. The van der Waals surface area contributed by atoms with E-state index in [0.29, 0.717) is 128 Å². The van der Waals surface area contributed by atoms with Crippen molar-refractivity contribution in [3.05, 3.63) is 136 Å². The molecule has 18 N–H and O–H groups in total. The third kappa shape index (κ3) is 19.8. The van der Waals surface area contributed by atoms with E-state index < -0.39 is 81.6 Å². The Hall–Kier alpha value is -8.56. The van der Waals surface area contributed by atoms with E-state index in [9.17, 15) is 67.5 Å². The summed E-state index contributed by atoms with van der Waals surface area (Å²) >= 11 is 16.2. The lowest BCUT2D eigenvalue weighted by molar-refractivity contribution is -0.174. The van der Waals surface area contributed by atoms with E-state index >= 15 is 0 Å². The Morgan fingerprint density at radius 2 is 0.833 bits per heavy atom. The van der Waals surface area contributed by atoms with Crippen LogP contribution in [0.1, 0.15) is 121 Å². The second-order valence-corrected chi connectivity index (χ2v) is 39.5. The summed E-state index contributed by atoms with van der Waals surface area (Å²) < 4.78 is 154. The Bertz CT molecular complexity index is 5630. The molecule has 4 aliphatic carbocycles. The van der Waals surface area contributed by atoms with Crippen LogP contribution >= 0.6 is 70.2 Å². The number of benzene rings is 1. The molecule has 6 atom stereocenters. The summed E-state index contributed by atoms with van der Waals surface area (Å²) in [7, 11) is 6.39. The smallest absolute Gasteiger partial charge is 0.382 e. The number of halogens is 13. The third-order valence-corrected chi connectivity index (χ3v) is 31.9. The number of aromatic nitrogens is 11. The highest BCUT2D eigenvalue weighted by atomic mass is 35.5. The fourth-order valence-corrected chi connectivity index (χ4v) is 23.4. The van der Waals surface area contributed by atoms with Crippen molar-refractivity contribution < 1.29 is 48.3 Å². The average molecular weight is 1880 g/mol. The lowest BCUT2D eigenvalue weighted by atomic mass is 9.74. The zero-order chi connectivity index (χ0) is 91.6. The Kier molecular flexibility index (Phi) is 27.7. The van der Waals surface area contributed by atoms with Gasteiger partial charge >= 0.3 is 12.4 Å². The van der Waals surface area contributed by atoms with Crippen LogP contribution in [0, 0.1) is 46.2 Å². The van der Waals surface area contributed by atoms with E-state index in [4.69, 9.17) is 74.8 Å². The molecule has 8 fully saturated rings. The minimum absolute atomic E-state index is 0.0256. The summed E-state index contributed by atoms with van der Waals surface area (Å²) in [5.41, 5.74) is 51.8. The van der Waals surface area contributed by atoms with Crippen LogP contribution in [0.25, 0.3) is 0 Å². The van der Waals surface area contributed by atoms with Crippen LogP contribution in [-0.4, -0.2) is 148 Å². The number of hydrogen-bond acceptors (Lipinski definition) is 28. The summed E-state index contributed by atoms with van der Waals surface area (Å²) in [6.07, 6.45) is 3.17. The molecule has 45 heteroatoms. The lowest BCUT2D eigenvalue weighted by Gasteiger charge is -2.42. The van der Waals surface area contributed by atoms with Gasteiger partial charge in [0, 0.05) is 175 Å². The Morgan fingerprint density at radius 3 is 1.20 bits per heavy atom. The first-order valence-electron chi connectivity index (χ1n) is 40.9. The molecule has 0 unspecified atom stereocenters. The van der Waals surface area contributed by atoms with Crippen LogP contribution in [-0.2, 0) is 34.4 Å². The Labute approximate surface area is 745 Å². The number of rotatable bonds is 12. The second-order valence-electron chi connectivity index (χ2n) is 34.5. The van der Waals surface area contributed by atoms with Crippen LogP contribution in [0.2, 0.25) is 10.0 Å². The van der Waals surface area contributed by atoms with Crippen LogP contribution in [0.5, 0.6) is 0 Å². The van der Waals surface area contributed by atoms with Gasteiger partial charge in [0.05, 0.1) is 16.0 Å². The highest BCUT2D eigenvalue weighted by Crippen LogP contribution is 2.57. The Balaban J connectivity index is 0.000000144. The standard InChI is InChI=1S/C21H24F6N6OS.C21H30N6OS.C20H23ClF3N5OS.C19H24ClF2N7OS/c1-32-17(34)14(35-12-3-2-6-30-15(12)21(25,26)27)16(29)31-18(32)33-7-4-19(5-8-33)10-11(9-13(19)28)20(22,23)24;1-13-10-16(22)21(11-13)5-8-27(9-6-21)20-25-18(23)17(19(28)26(20)3)29-15-4-7-24-12-14(15)2;1-28-17(30)15(31-13-3-2-11(22)8-12(13)21)16(26)27-18(28)29-6-4-19(5-7-29)10-20(23,24)9-14(19)25;1-28-16(30)13(31-10-2-5-26-14(24)12(10)20)15(25)27-17(28)29-6-3-18(4-7-29)9-19(21,22)8-11(18)23/h2-3,6,11,13H,4-5,7-10,28-29H2,1H3;4,7,12-13,16H,5-6,8-11,22-23H2,1-3H3;2-3,8,14H,4-7,9-10,25-26H2,1H3;2,5,11H,3-4,6-9,23,25H2,1H3,(H2,24,26)/t11-,13-;13-,16+;14-;11-/m1011/s1. The number of pyridine rings is 3. The van der Waals surface area contributed by atoms with Gasteiger partial charge in [0.1, 0.15) is 54.5 Å². The first-order valence-corrected chi connectivity index (χ1v) is 44.9. The molecule has 4 spiro atoms. The molecule has 1 aromatic carbocycles. The molecule has 4 saturated heterocycles. The van der Waals surface area contributed by atoms with E-state index in [1.807, 2.05) is 22.8 Å². The molecule has 0 radical (unpaired) electrons. The van der Waals surface area contributed by atoms with Gasteiger partial charge < -0.3 is 71.2 Å². The van der Waals surface area contributed by atoms with Crippen LogP contribution in [0.3, 0.4) is 0 Å². The monoisotopic (exact) mass is 1880 g/mol. The number of aryl methyl sites for hydroxylation is 1. The molecule has 16 rings (SSSR count). The molecule has 7 aromatic heterocycles. The van der Waals surface area contributed by atoms with Gasteiger partial charge in [-0.15, -0.1) is 0 Å². The van der Waals surface area contributed by atoms with Gasteiger partial charge in [-0.2, -0.15) is 46.3 Å². The van der Waals surface area contributed by atoms with Crippen molar-refractivity contribution >= 4 is 123 Å². The summed E-state index contributed by atoms with van der Waals surface area (Å²) in [4.78, 5) is 91.4. The molecule has 8 aliphatic rings. The van der Waals surface area contributed by atoms with Gasteiger partial charge in [0.15, 0.2) is 5.69 Å². The van der Waals surface area contributed by atoms with Crippen molar-refractivity contribution in [1.82, 2.24) is 53.2 Å². The van der Waals surface area contributed by atoms with Crippen molar-refractivity contribution in [3.8, 4) is 0 Å². The van der Waals surface area contributed by atoms with Crippen LogP contribution in [0.4, 0.5) is 101 Å². The van der Waals surface area contributed by atoms with E-state index in [1.54, 1.807) is 49.1 Å². The maximum absolute atomic E-state index is 13.9. The molecule has 684 valence electrons. The van der Waals surface area contributed by atoms with E-state index in [0.717, 1.165) is 78.6 Å². The van der Waals surface area contributed by atoms with Crippen LogP contribution < -0.4 is 93.4 Å². The molecule has 8 aromatic rings. The molecular weight excluding hydrogens is 1780 g/mol. The van der Waals surface area contributed by atoms with E-state index in [-0.39, 0.29) is 131 Å². The number of alkyl halides is 10. The zero-order valence-electron chi connectivity index (χ0n) is 69.9. The zero-order valence-corrected chi connectivity index (χ0v) is 74.6. The molecule has 4 aliphatic heterocycles. The highest BCUT2D eigenvalue weighted by Gasteiger charge is 2.59. The fourth-order valence-electron chi connectivity index (χ4n) is 19.1. The van der Waals surface area contributed by atoms with Gasteiger partial charge in [-0.1, -0.05) is 77.2 Å². The van der Waals surface area contributed by atoms with Crippen molar-refractivity contribution in [1.29, 1.82) is 0 Å². The van der Waals surface area contributed by atoms with Crippen molar-refractivity contribution in [2.75, 3.05) is 101 Å². The maximum atomic E-state index is 13.9. The summed E-state index contributed by atoms with van der Waals surface area (Å²) in [6.45, 7) is 8.50. The highest BCUT2D eigenvalue weighted by molar-refractivity contribution is 8.00. The molecule has 4 saturated carbocycles. The van der Waals surface area contributed by atoms with Crippen molar-refractivity contribution in [2.45, 2.75) is 204 Å². The van der Waals surface area contributed by atoms with E-state index in [2.05, 4.69) is 46.7 Å². The molecule has 28 nitrogen and oxygen atoms in total. The minimum atomic E-state index is -4.72. The average Bonchev–Trinajstić information content (AvgIpc) is 1.55. The first kappa shape index (κ1) is 95.0. The van der Waals surface area contributed by atoms with Gasteiger partial charge in [0.2, 0.25) is 35.6 Å². The second kappa shape index (κ2) is 36.8. The lowest BCUT2D eigenvalue weighted by Crippen LogP contribution is -2.48. The summed E-state index contributed by atoms with van der Waals surface area (Å²) in [5, 5.41) is 0.408. The predicted octanol–water partition coefficient (Wildman–Crippen LogP) is 12.5. The SMILES string of the molecule is Cc1cnccc1Sc1c(N)nc(N2CCC3(CC2)C[C@@H](C)C[C@H]3N)n(C)c1=O.Cn1c(N2CCC3(CC2)CC(F)(F)C[C@H]3N)nc(N)c(Sc2ccc(F)cc2Cl)c1=O.Cn1c(N2CCC3(CC2)CC(F)(F)C[C@H]3N)nc(N)c(Sc2ccnc(N)c2Cl)c1=O.Cn1c(N2CCC3(CC2)C[C@H](C(F)(F)F)C[C@H]3N)nc(N)c(Sc2cccnc2C(F)(F)F)c1=O. The molecule has 11 heterocycles. The van der Waals surface area contributed by atoms with Gasteiger partial charge in [-0.3, -0.25) is 47.4 Å². The van der Waals surface area contributed by atoms with Crippen molar-refractivity contribution in [3.63, 3.8) is 0 Å². The molecule has 126 heavy (non-hydrogen) atoms. The third-order valence-electron chi connectivity index (χ3n) is 26.3. The quantitative estimate of drug-likeness (QED) is 0.0513.